The number of nitrogens with one attached hydrogen (secondary N) is 2. The highest BCUT2D eigenvalue weighted by Crippen LogP contribution is 2.32. The van der Waals surface area contributed by atoms with Gasteiger partial charge in [0.15, 0.2) is 0 Å². The van der Waals surface area contributed by atoms with E-state index in [1.54, 1.807) is 6.07 Å². The highest BCUT2D eigenvalue weighted by Gasteiger charge is 2.23. The summed E-state index contributed by atoms with van der Waals surface area (Å²) in [6.07, 6.45) is 2.45. The van der Waals surface area contributed by atoms with Crippen LogP contribution in [0, 0.1) is 6.92 Å². The third-order valence-electron chi connectivity index (χ3n) is 5.50. The minimum absolute atomic E-state index is 0.110. The Labute approximate surface area is 159 Å². The maximum Gasteiger partial charge on any atom is 0.259 e. The van der Waals surface area contributed by atoms with Crippen molar-refractivity contribution in [3.63, 3.8) is 0 Å². The van der Waals surface area contributed by atoms with Crippen LogP contribution >= 0.6 is 0 Å². The van der Waals surface area contributed by atoms with E-state index in [2.05, 4.69) is 5.32 Å². The zero-order valence-corrected chi connectivity index (χ0v) is 15.6. The van der Waals surface area contributed by atoms with Crippen molar-refractivity contribution in [3.8, 4) is 5.75 Å². The Morgan fingerprint density at radius 3 is 2.56 bits per heavy atom. The van der Waals surface area contributed by atoms with Crippen molar-refractivity contribution < 1.29 is 14.8 Å². The normalized spacial score (nSPS) is 14.6. The summed E-state index contributed by atoms with van der Waals surface area (Å²) in [5, 5.41) is 16.0. The summed E-state index contributed by atoms with van der Waals surface area (Å²) in [7, 11) is 0. The van der Waals surface area contributed by atoms with Crippen LogP contribution in [0.4, 0.5) is 5.69 Å². The zero-order chi connectivity index (χ0) is 18.8. The molecule has 27 heavy (non-hydrogen) atoms. The lowest BCUT2D eigenvalue weighted by molar-refractivity contribution is -0.901. The Kier molecular flexibility index (Phi) is 4.82. The SMILES string of the molecule is Cc1ccccc1NC(=O)c1cc2ccccc2c(C[NH+]2CCCC2)c1O. The zero-order valence-electron chi connectivity index (χ0n) is 15.6. The van der Waals surface area contributed by atoms with E-state index in [1.807, 2.05) is 55.5 Å². The number of fused-ring (bicyclic) bond motifs is 1. The van der Waals surface area contributed by atoms with Crippen LogP contribution in [0.5, 0.6) is 5.75 Å². The number of hydrogen-bond donors (Lipinski definition) is 3. The van der Waals surface area contributed by atoms with E-state index in [0.29, 0.717) is 5.56 Å². The molecule has 3 N–H and O–H groups in total. The second kappa shape index (κ2) is 7.41. The molecule has 1 amide bonds. The smallest absolute Gasteiger partial charge is 0.259 e. The third-order valence-corrected chi connectivity index (χ3v) is 5.50. The highest BCUT2D eigenvalue weighted by atomic mass is 16.3. The molecular formula is C23H25N2O2+. The van der Waals surface area contributed by atoms with Gasteiger partial charge >= 0.3 is 0 Å². The fourth-order valence-electron chi connectivity index (χ4n) is 3.97. The average molecular weight is 361 g/mol. The van der Waals surface area contributed by atoms with E-state index >= 15 is 0 Å². The number of carbonyl (C=O) groups is 1. The van der Waals surface area contributed by atoms with Crippen LogP contribution in [0.1, 0.15) is 34.3 Å². The van der Waals surface area contributed by atoms with Crippen molar-refractivity contribution in [2.45, 2.75) is 26.3 Å². The van der Waals surface area contributed by atoms with E-state index in [9.17, 15) is 9.90 Å². The second-order valence-corrected chi connectivity index (χ2v) is 7.38. The van der Waals surface area contributed by atoms with Crippen LogP contribution in [0.15, 0.2) is 54.6 Å². The fraction of sp³-hybridized carbons (Fsp3) is 0.261. The number of carbonyl (C=O) groups excluding carboxylic acids is 1. The number of aryl methyl sites for hydroxylation is 1. The molecule has 4 heteroatoms. The largest absolute Gasteiger partial charge is 0.507 e. The first-order chi connectivity index (χ1) is 13.1. The van der Waals surface area contributed by atoms with Gasteiger partial charge in [-0.2, -0.15) is 0 Å². The molecule has 4 rings (SSSR count). The number of benzene rings is 3. The summed E-state index contributed by atoms with van der Waals surface area (Å²) in [5.41, 5.74) is 2.97. The number of likely N-dealkylation sites (tertiary alicyclic amines) is 1. The summed E-state index contributed by atoms with van der Waals surface area (Å²) in [6, 6.07) is 17.4. The molecule has 0 radical (unpaired) electrons. The number of anilines is 1. The lowest BCUT2D eigenvalue weighted by Crippen LogP contribution is -3.08. The fourth-order valence-corrected chi connectivity index (χ4v) is 3.97. The van der Waals surface area contributed by atoms with Crippen molar-refractivity contribution >= 4 is 22.4 Å². The van der Waals surface area contributed by atoms with Gasteiger partial charge in [0, 0.05) is 18.5 Å². The molecule has 4 nitrogen and oxygen atoms in total. The number of hydrogen-bond acceptors (Lipinski definition) is 2. The minimum Gasteiger partial charge on any atom is -0.507 e. The molecular weight excluding hydrogens is 336 g/mol. The number of aromatic hydroxyl groups is 1. The molecule has 1 aliphatic rings. The van der Waals surface area contributed by atoms with Crippen molar-refractivity contribution in [2.24, 2.45) is 0 Å². The Hall–Kier alpha value is -2.85. The monoisotopic (exact) mass is 361 g/mol. The maximum absolute atomic E-state index is 12.9. The molecule has 1 fully saturated rings. The van der Waals surface area contributed by atoms with Crippen LogP contribution in [0.3, 0.4) is 0 Å². The average Bonchev–Trinajstić information content (AvgIpc) is 3.19. The lowest BCUT2D eigenvalue weighted by atomic mass is 9.98. The predicted octanol–water partition coefficient (Wildman–Crippen LogP) is 3.28. The molecule has 0 bridgehead atoms. The van der Waals surface area contributed by atoms with Crippen LogP contribution in [-0.4, -0.2) is 24.1 Å². The standard InChI is InChI=1S/C23H24N2O2/c1-16-8-2-5-11-21(16)24-23(27)19-14-17-9-3-4-10-18(17)20(22(19)26)15-25-12-6-7-13-25/h2-5,8-11,14,26H,6-7,12-13,15H2,1H3,(H,24,27)/p+1. The molecule has 3 aromatic rings. The summed E-state index contributed by atoms with van der Waals surface area (Å²) in [6.45, 7) is 4.94. The van der Waals surface area contributed by atoms with Crippen molar-refractivity contribution in [2.75, 3.05) is 18.4 Å². The first kappa shape index (κ1) is 17.6. The molecule has 138 valence electrons. The van der Waals surface area contributed by atoms with Gasteiger partial charge in [0.25, 0.3) is 5.91 Å². The van der Waals surface area contributed by atoms with Crippen LogP contribution < -0.4 is 10.2 Å². The van der Waals surface area contributed by atoms with E-state index in [0.717, 1.165) is 47.2 Å². The molecule has 0 aliphatic carbocycles. The van der Waals surface area contributed by atoms with E-state index < -0.39 is 0 Å². The quantitative estimate of drug-likeness (QED) is 0.668. The van der Waals surface area contributed by atoms with Gasteiger partial charge in [-0.05, 0) is 35.4 Å². The second-order valence-electron chi connectivity index (χ2n) is 7.38. The molecule has 0 aromatic heterocycles. The van der Waals surface area contributed by atoms with E-state index in [-0.39, 0.29) is 11.7 Å². The number of phenols is 1. The van der Waals surface area contributed by atoms with Gasteiger partial charge in [-0.25, -0.2) is 0 Å². The molecule has 0 unspecified atom stereocenters. The van der Waals surface area contributed by atoms with Gasteiger partial charge in [0.05, 0.1) is 24.2 Å². The van der Waals surface area contributed by atoms with Crippen molar-refractivity contribution in [1.82, 2.24) is 0 Å². The van der Waals surface area contributed by atoms with Crippen LogP contribution in [0.25, 0.3) is 10.8 Å². The Balaban J connectivity index is 1.75. The van der Waals surface area contributed by atoms with Gasteiger partial charge < -0.3 is 15.3 Å². The van der Waals surface area contributed by atoms with Crippen molar-refractivity contribution in [1.29, 1.82) is 0 Å². The number of para-hydroxylation sites is 1. The molecule has 1 aliphatic heterocycles. The lowest BCUT2D eigenvalue weighted by Gasteiger charge is -2.17. The predicted molar refractivity (Wildman–Crippen MR) is 108 cm³/mol. The minimum atomic E-state index is -0.273. The van der Waals surface area contributed by atoms with Gasteiger partial charge in [0.2, 0.25) is 0 Å². The summed E-state index contributed by atoms with van der Waals surface area (Å²) in [4.78, 5) is 14.4. The van der Waals surface area contributed by atoms with E-state index in [1.165, 1.54) is 17.7 Å². The van der Waals surface area contributed by atoms with Gasteiger partial charge in [-0.3, -0.25) is 4.79 Å². The van der Waals surface area contributed by atoms with Crippen LogP contribution in [0.2, 0.25) is 0 Å². The maximum atomic E-state index is 12.9. The Morgan fingerprint density at radius 2 is 1.78 bits per heavy atom. The summed E-state index contributed by atoms with van der Waals surface area (Å²) in [5.74, 6) is -0.163. The number of phenolic OH excluding ortho intramolecular Hbond substituents is 1. The number of amides is 1. The van der Waals surface area contributed by atoms with Crippen molar-refractivity contribution in [3.05, 3.63) is 71.3 Å². The topological polar surface area (TPSA) is 53.8 Å². The molecule has 1 heterocycles. The molecule has 0 spiro atoms. The highest BCUT2D eigenvalue weighted by molar-refractivity contribution is 6.09. The number of quaternary nitrogens is 1. The van der Waals surface area contributed by atoms with E-state index in [4.69, 9.17) is 0 Å². The summed E-state index contributed by atoms with van der Waals surface area (Å²) < 4.78 is 0. The molecule has 0 atom stereocenters. The van der Waals surface area contributed by atoms with Gasteiger partial charge in [0.1, 0.15) is 12.3 Å². The Morgan fingerprint density at radius 1 is 1.07 bits per heavy atom. The molecule has 0 saturated carbocycles. The Bertz CT molecular complexity index is 991. The molecule has 3 aromatic carbocycles. The van der Waals surface area contributed by atoms with Gasteiger partial charge in [-0.15, -0.1) is 0 Å². The summed E-state index contributed by atoms with van der Waals surface area (Å²) >= 11 is 0. The van der Waals surface area contributed by atoms with Gasteiger partial charge in [-0.1, -0.05) is 42.5 Å². The first-order valence-electron chi connectivity index (χ1n) is 9.57. The first-order valence-corrected chi connectivity index (χ1v) is 9.57. The van der Waals surface area contributed by atoms with Crippen LogP contribution in [-0.2, 0) is 6.54 Å². The number of rotatable bonds is 4. The molecule has 1 saturated heterocycles. The third kappa shape index (κ3) is 3.53.